The number of hydrogen-bond donors (Lipinski definition) is 0. The van der Waals surface area contributed by atoms with Gasteiger partial charge >= 0.3 is 0 Å². The van der Waals surface area contributed by atoms with Crippen LogP contribution in [0.5, 0.6) is 0 Å². The number of ether oxygens (including phenoxy) is 16. The molecule has 9 aromatic carbocycles. The van der Waals surface area contributed by atoms with Crippen LogP contribution in [0.3, 0.4) is 0 Å². The molecule has 0 saturated carbocycles. The molecule has 0 radical (unpaired) electrons. The lowest BCUT2D eigenvalue weighted by molar-refractivity contribution is -0.384. The summed E-state index contributed by atoms with van der Waals surface area (Å²) in [5.74, 6) is -0.215. The Kier molecular flexibility index (Phi) is 25.0. The highest BCUT2D eigenvalue weighted by atomic mass is 32.2. The van der Waals surface area contributed by atoms with Gasteiger partial charge in [0.1, 0.15) is 23.2 Å². The van der Waals surface area contributed by atoms with Crippen LogP contribution in [-0.4, -0.2) is 163 Å². The molecule has 27 atom stereocenters. The van der Waals surface area contributed by atoms with Crippen molar-refractivity contribution in [3.63, 3.8) is 0 Å². The Labute approximate surface area is 725 Å². The van der Waals surface area contributed by atoms with Crippen LogP contribution in [0.2, 0.25) is 0 Å². The lowest BCUT2D eigenvalue weighted by Crippen LogP contribution is -2.75. The maximum atomic E-state index is 7.87. The SMILES string of the molecule is C=C[C@@H](C)[C@H]1O[C@@]2(C)[C@H](OCc3ccc4ccccc4c3)[C@H]3O[C@H]4C[C@H]5OC(C)(C)OCC[C@@H]5O[C@]4(C)C[C@@H]3O[C@@H]2C[C@@H]1O[C@@H]1CC[C@@H]2O[C@@H]3C[C@@H]4O[C@H](C[C@@H](C[C@@H]5C[C@@H](C)[C@@H]([C@@H](C)CCOCc6ccc7ccccc7c6)O5)OCc5ccc6ccccc6c5)[C@@H](OCc5ccc6ccccc6c5)CC[C@H]4O[C@@]3(C)C[C@@]2(C)OC1Sc1ccccc1. The Bertz CT molecular complexity index is 5090. The molecule has 648 valence electrons. The van der Waals surface area contributed by atoms with Crippen LogP contribution in [0.15, 0.2) is 218 Å². The highest BCUT2D eigenvalue weighted by molar-refractivity contribution is 7.99. The number of thioether (sulfide) groups is 1. The standard InChI is InChI=1S/C105H126O16S/c1-11-65(2)97-90(58-95-105(10,120-97)99(109-63-71-36-40-75-26-18-22-30-79(75)53-71)98-91(114-95)59-102(7)93(116-98)57-89-85(118-102)46-48-110-101(5,6)117-89)112-86-43-44-92-103(8,121-100(86)122-82-31-13-12-14-32-82)64-104(9)94(115-92)56-88-84(119-104)42-41-83(108-62-70-35-39-74-25-17-21-29-78(74)52-70)87(113-88)55-80(107-61-69-34-38-73-24-16-20-28-77(73)51-69)54-81-49-67(4)96(111-81)66(3)45-47-106-60-68-33-37-72-23-15-19-27-76(72)50-68/h11-40,50-53,65-67,80-81,83-100H,1,41-49,54-64H2,2-10H3/t65-,66+,67-,80-,81+,83+,84-,85+,86-,87-,88+,89-,90+,91+,92+,93+,94-,95-,96-,97-,98+,99-,100?,102-,103-,104+,105-/m1/s1. The second-order valence-corrected chi connectivity index (χ2v) is 39.9. The normalized spacial score (nSPS) is 36.4. The maximum Gasteiger partial charge on any atom is 0.163 e. The fourth-order valence-electron chi connectivity index (χ4n) is 22.6. The highest BCUT2D eigenvalue weighted by Gasteiger charge is 2.67. The Balaban J connectivity index is 0.578. The quantitative estimate of drug-likeness (QED) is 0.0394. The van der Waals surface area contributed by atoms with Crippen molar-refractivity contribution in [3.8, 4) is 0 Å². The van der Waals surface area contributed by atoms with Crippen molar-refractivity contribution in [2.24, 2.45) is 17.8 Å². The third-order valence-corrected chi connectivity index (χ3v) is 30.3. The van der Waals surface area contributed by atoms with Crippen molar-refractivity contribution in [3.05, 3.63) is 235 Å². The van der Waals surface area contributed by atoms with E-state index in [0.29, 0.717) is 103 Å². The van der Waals surface area contributed by atoms with Gasteiger partial charge in [0.25, 0.3) is 0 Å². The molecule has 0 aliphatic carbocycles. The molecule has 0 bridgehead atoms. The first-order valence-electron chi connectivity index (χ1n) is 45.8. The van der Waals surface area contributed by atoms with Gasteiger partial charge in [0.2, 0.25) is 0 Å². The second-order valence-electron chi connectivity index (χ2n) is 38.7. The predicted molar refractivity (Wildman–Crippen MR) is 476 cm³/mol. The molecule has 0 aromatic heterocycles. The zero-order chi connectivity index (χ0) is 83.5. The molecule has 9 aromatic rings. The fourth-order valence-corrected chi connectivity index (χ4v) is 23.8. The average molecular weight is 1680 g/mol. The van der Waals surface area contributed by atoms with Gasteiger partial charge in [0.05, 0.1) is 154 Å². The lowest BCUT2D eigenvalue weighted by atomic mass is 9.72. The van der Waals surface area contributed by atoms with Gasteiger partial charge in [0.15, 0.2) is 5.79 Å². The molecule has 17 heteroatoms. The van der Waals surface area contributed by atoms with Crippen molar-refractivity contribution in [2.45, 2.75) is 333 Å². The van der Waals surface area contributed by atoms with Gasteiger partial charge < -0.3 is 75.8 Å². The van der Waals surface area contributed by atoms with Crippen LogP contribution in [0.25, 0.3) is 43.1 Å². The Morgan fingerprint density at radius 2 is 1.04 bits per heavy atom. The summed E-state index contributed by atoms with van der Waals surface area (Å²) in [6.45, 7) is 27.2. The van der Waals surface area contributed by atoms with Crippen molar-refractivity contribution < 1.29 is 75.8 Å². The second kappa shape index (κ2) is 36.0. The van der Waals surface area contributed by atoms with Crippen LogP contribution in [0.4, 0.5) is 0 Å². The van der Waals surface area contributed by atoms with Gasteiger partial charge in [-0.1, -0.05) is 202 Å². The fraction of sp³-hybridized carbons (Fsp3) is 0.543. The third-order valence-electron chi connectivity index (χ3n) is 29.1. The Morgan fingerprint density at radius 1 is 0.467 bits per heavy atom. The van der Waals surface area contributed by atoms with Crippen molar-refractivity contribution >= 4 is 54.9 Å². The molecule has 0 amide bonds. The third kappa shape index (κ3) is 18.2. The first kappa shape index (κ1) is 84.9. The predicted octanol–water partition coefficient (Wildman–Crippen LogP) is 21.3. The van der Waals surface area contributed by atoms with Crippen LogP contribution >= 0.6 is 11.8 Å². The maximum absolute atomic E-state index is 7.87. The van der Waals surface area contributed by atoms with Crippen LogP contribution in [0, 0.1) is 17.8 Å². The average Bonchev–Trinajstić information content (AvgIpc) is 0.911. The number of hydrogen-bond acceptors (Lipinski definition) is 17. The van der Waals surface area contributed by atoms with Crippen molar-refractivity contribution in [2.75, 3.05) is 13.2 Å². The highest BCUT2D eigenvalue weighted by Crippen LogP contribution is 2.56. The van der Waals surface area contributed by atoms with E-state index in [-0.39, 0.29) is 85.3 Å². The molecular weight excluding hydrogens is 1550 g/mol. The van der Waals surface area contributed by atoms with E-state index >= 15 is 0 Å². The molecule has 10 aliphatic rings. The minimum atomic E-state index is -0.982. The summed E-state index contributed by atoms with van der Waals surface area (Å²) in [5.41, 5.74) is 0.910. The summed E-state index contributed by atoms with van der Waals surface area (Å²) in [6, 6.07) is 71.3. The molecule has 0 N–H and O–H groups in total. The topological polar surface area (TPSA) is 148 Å². The van der Waals surface area contributed by atoms with E-state index in [9.17, 15) is 0 Å². The summed E-state index contributed by atoms with van der Waals surface area (Å²) in [4.78, 5) is 1.09. The van der Waals surface area contributed by atoms with Gasteiger partial charge in [-0.2, -0.15) is 0 Å². The number of benzene rings is 9. The zero-order valence-corrected chi connectivity index (χ0v) is 73.5. The molecule has 10 aliphatic heterocycles. The number of fused-ring (bicyclic) bond motifs is 11. The summed E-state index contributed by atoms with van der Waals surface area (Å²) in [7, 11) is 0. The molecule has 10 fully saturated rings. The Morgan fingerprint density at radius 3 is 1.70 bits per heavy atom. The first-order valence-corrected chi connectivity index (χ1v) is 46.6. The van der Waals surface area contributed by atoms with E-state index in [1.807, 2.05) is 19.9 Å². The smallest absolute Gasteiger partial charge is 0.163 e. The van der Waals surface area contributed by atoms with E-state index in [2.05, 4.69) is 255 Å². The van der Waals surface area contributed by atoms with E-state index in [4.69, 9.17) is 75.8 Å². The first-order chi connectivity index (χ1) is 59.1. The summed E-state index contributed by atoms with van der Waals surface area (Å²) < 4.78 is 118. The van der Waals surface area contributed by atoms with Crippen LogP contribution < -0.4 is 0 Å². The van der Waals surface area contributed by atoms with E-state index < -0.39 is 70.3 Å². The molecular formula is C105H126O16S. The summed E-state index contributed by atoms with van der Waals surface area (Å²) in [6.07, 6.45) is 6.11. The van der Waals surface area contributed by atoms with Gasteiger partial charge in [0, 0.05) is 55.9 Å². The van der Waals surface area contributed by atoms with Gasteiger partial charge in [-0.25, -0.2) is 0 Å². The Hall–Kier alpha value is -6.53. The van der Waals surface area contributed by atoms with E-state index in [0.717, 1.165) is 65.5 Å². The van der Waals surface area contributed by atoms with Crippen molar-refractivity contribution in [1.82, 2.24) is 0 Å². The summed E-state index contributed by atoms with van der Waals surface area (Å²) >= 11 is 1.72. The van der Waals surface area contributed by atoms with Crippen LogP contribution in [-0.2, 0) is 102 Å². The molecule has 10 heterocycles. The minimum absolute atomic E-state index is 0.00907. The molecule has 1 unspecified atom stereocenters. The van der Waals surface area contributed by atoms with E-state index in [1.54, 1.807) is 11.8 Å². The van der Waals surface area contributed by atoms with Gasteiger partial charge in [-0.15, -0.1) is 6.58 Å². The largest absolute Gasteiger partial charge is 0.377 e. The zero-order valence-electron chi connectivity index (χ0n) is 72.7. The van der Waals surface area contributed by atoms with Gasteiger partial charge in [-0.05, 0) is 206 Å². The van der Waals surface area contributed by atoms with E-state index in [1.165, 1.54) is 43.3 Å². The molecule has 19 rings (SSSR count). The van der Waals surface area contributed by atoms with Crippen molar-refractivity contribution in [1.29, 1.82) is 0 Å². The molecule has 16 nitrogen and oxygen atoms in total. The monoisotopic (exact) mass is 1670 g/mol. The molecule has 122 heavy (non-hydrogen) atoms. The molecule has 0 spiro atoms. The lowest BCUT2D eigenvalue weighted by Gasteiger charge is -2.62. The summed E-state index contributed by atoms with van der Waals surface area (Å²) in [5, 5.41) is 9.62. The molecule has 10 saturated heterocycles. The number of rotatable bonds is 25. The van der Waals surface area contributed by atoms with Gasteiger partial charge in [-0.3, -0.25) is 0 Å². The minimum Gasteiger partial charge on any atom is -0.377 e. The van der Waals surface area contributed by atoms with Crippen LogP contribution in [0.1, 0.15) is 174 Å².